The SMILES string of the molecule is C=CCC(C)C(C)NCCNC(=O)c1cc(-c2ccc(Cl)cc2Cl)n(-c2ccc(Cl)cc2)c1C. The van der Waals surface area contributed by atoms with E-state index in [1.54, 1.807) is 12.1 Å². The molecule has 3 aromatic rings. The summed E-state index contributed by atoms with van der Waals surface area (Å²) in [4.78, 5) is 13.1. The van der Waals surface area contributed by atoms with Crippen molar-refractivity contribution in [1.29, 1.82) is 0 Å². The van der Waals surface area contributed by atoms with E-state index in [-0.39, 0.29) is 5.91 Å². The lowest BCUT2D eigenvalue weighted by Crippen LogP contribution is -2.38. The monoisotopic (exact) mass is 517 g/mol. The van der Waals surface area contributed by atoms with Crippen LogP contribution in [0.4, 0.5) is 0 Å². The fourth-order valence-corrected chi connectivity index (χ4v) is 4.53. The number of carbonyl (C=O) groups excluding carboxylic acids is 1. The lowest BCUT2D eigenvalue weighted by Gasteiger charge is -2.20. The molecule has 34 heavy (non-hydrogen) atoms. The molecule has 2 aromatic carbocycles. The molecule has 1 heterocycles. The van der Waals surface area contributed by atoms with Gasteiger partial charge in [-0.25, -0.2) is 0 Å². The van der Waals surface area contributed by atoms with Crippen molar-refractivity contribution in [2.24, 2.45) is 5.92 Å². The van der Waals surface area contributed by atoms with Crippen LogP contribution < -0.4 is 10.6 Å². The van der Waals surface area contributed by atoms with Gasteiger partial charge in [0.05, 0.1) is 16.3 Å². The van der Waals surface area contributed by atoms with E-state index in [1.807, 2.05) is 54.0 Å². The van der Waals surface area contributed by atoms with Crippen LogP contribution in [0.25, 0.3) is 16.9 Å². The maximum Gasteiger partial charge on any atom is 0.253 e. The van der Waals surface area contributed by atoms with Gasteiger partial charge < -0.3 is 15.2 Å². The fourth-order valence-electron chi connectivity index (χ4n) is 3.89. The topological polar surface area (TPSA) is 46.1 Å². The minimum Gasteiger partial charge on any atom is -0.351 e. The Morgan fingerprint density at radius 1 is 1.03 bits per heavy atom. The van der Waals surface area contributed by atoms with E-state index in [2.05, 4.69) is 31.1 Å². The molecule has 1 aromatic heterocycles. The normalized spacial score (nSPS) is 12.9. The van der Waals surface area contributed by atoms with Crippen LogP contribution in [-0.2, 0) is 0 Å². The molecular weight excluding hydrogens is 489 g/mol. The van der Waals surface area contributed by atoms with Gasteiger partial charge in [-0.2, -0.15) is 0 Å². The fraction of sp³-hybridized carbons (Fsp3) is 0.296. The number of benzene rings is 2. The van der Waals surface area contributed by atoms with Gasteiger partial charge in [0.25, 0.3) is 5.91 Å². The molecule has 0 saturated heterocycles. The predicted octanol–water partition coefficient (Wildman–Crippen LogP) is 7.33. The molecule has 180 valence electrons. The van der Waals surface area contributed by atoms with Crippen molar-refractivity contribution in [3.8, 4) is 16.9 Å². The molecule has 2 unspecified atom stereocenters. The Hall–Kier alpha value is -2.24. The smallest absolute Gasteiger partial charge is 0.253 e. The number of nitrogens with one attached hydrogen (secondary N) is 2. The summed E-state index contributed by atoms with van der Waals surface area (Å²) < 4.78 is 2.01. The summed E-state index contributed by atoms with van der Waals surface area (Å²) in [6.07, 6.45) is 2.89. The highest BCUT2D eigenvalue weighted by atomic mass is 35.5. The van der Waals surface area contributed by atoms with Crippen molar-refractivity contribution in [2.75, 3.05) is 13.1 Å². The Bertz CT molecular complexity index is 1150. The molecule has 2 N–H and O–H groups in total. The molecule has 0 bridgehead atoms. The van der Waals surface area contributed by atoms with Crippen LogP contribution in [0.3, 0.4) is 0 Å². The van der Waals surface area contributed by atoms with E-state index in [0.717, 1.165) is 29.1 Å². The van der Waals surface area contributed by atoms with Gasteiger partial charge in [0.1, 0.15) is 0 Å². The molecule has 7 heteroatoms. The Kier molecular flexibility index (Phi) is 9.26. The van der Waals surface area contributed by atoms with Crippen LogP contribution in [-0.4, -0.2) is 29.6 Å². The van der Waals surface area contributed by atoms with Gasteiger partial charge in [0.2, 0.25) is 0 Å². The van der Waals surface area contributed by atoms with Crippen molar-refractivity contribution >= 4 is 40.7 Å². The van der Waals surface area contributed by atoms with Gasteiger partial charge in [-0.05, 0) is 74.7 Å². The summed E-state index contributed by atoms with van der Waals surface area (Å²) >= 11 is 18.8. The number of hydrogen-bond acceptors (Lipinski definition) is 2. The number of nitrogens with zero attached hydrogens (tertiary/aromatic N) is 1. The third kappa shape index (κ3) is 6.25. The van der Waals surface area contributed by atoms with Gasteiger partial charge in [-0.1, -0.05) is 47.8 Å². The Balaban J connectivity index is 1.86. The predicted molar refractivity (Wildman–Crippen MR) is 145 cm³/mol. The first-order chi connectivity index (χ1) is 16.2. The summed E-state index contributed by atoms with van der Waals surface area (Å²) in [6.45, 7) is 11.3. The second kappa shape index (κ2) is 11.9. The summed E-state index contributed by atoms with van der Waals surface area (Å²) in [5.74, 6) is 0.348. The molecular formula is C27H30Cl3N3O. The number of rotatable bonds is 10. The molecule has 0 aliphatic carbocycles. The Morgan fingerprint density at radius 3 is 2.35 bits per heavy atom. The van der Waals surface area contributed by atoms with E-state index < -0.39 is 0 Å². The number of carbonyl (C=O) groups is 1. The first-order valence-electron chi connectivity index (χ1n) is 11.3. The molecule has 0 radical (unpaired) electrons. The summed E-state index contributed by atoms with van der Waals surface area (Å²) in [5.41, 5.74) is 3.87. The molecule has 0 fully saturated rings. The summed E-state index contributed by atoms with van der Waals surface area (Å²) in [6, 6.07) is 15.0. The molecule has 2 atom stereocenters. The maximum atomic E-state index is 13.1. The van der Waals surface area contributed by atoms with Crippen molar-refractivity contribution in [2.45, 2.75) is 33.2 Å². The second-order valence-corrected chi connectivity index (χ2v) is 9.75. The van der Waals surface area contributed by atoms with E-state index in [0.29, 0.717) is 45.7 Å². The zero-order valence-electron chi connectivity index (χ0n) is 19.7. The van der Waals surface area contributed by atoms with E-state index >= 15 is 0 Å². The van der Waals surface area contributed by atoms with Gasteiger partial charge in [-0.15, -0.1) is 6.58 Å². The highest BCUT2D eigenvalue weighted by Crippen LogP contribution is 2.35. The zero-order chi connectivity index (χ0) is 24.8. The van der Waals surface area contributed by atoms with Crippen LogP contribution in [0.15, 0.2) is 61.2 Å². The van der Waals surface area contributed by atoms with E-state index in [1.165, 1.54) is 0 Å². The van der Waals surface area contributed by atoms with Crippen LogP contribution >= 0.6 is 34.8 Å². The molecule has 3 rings (SSSR count). The summed E-state index contributed by atoms with van der Waals surface area (Å²) in [5, 5.41) is 8.20. The van der Waals surface area contributed by atoms with Gasteiger partial charge in [0.15, 0.2) is 0 Å². The van der Waals surface area contributed by atoms with Crippen molar-refractivity contribution in [3.63, 3.8) is 0 Å². The molecule has 4 nitrogen and oxygen atoms in total. The quantitative estimate of drug-likeness (QED) is 0.218. The van der Waals surface area contributed by atoms with Gasteiger partial charge in [-0.3, -0.25) is 4.79 Å². The van der Waals surface area contributed by atoms with Crippen molar-refractivity contribution in [1.82, 2.24) is 15.2 Å². The highest BCUT2D eigenvalue weighted by molar-refractivity contribution is 6.36. The second-order valence-electron chi connectivity index (χ2n) is 8.47. The van der Waals surface area contributed by atoms with Gasteiger partial charge >= 0.3 is 0 Å². The van der Waals surface area contributed by atoms with Crippen LogP contribution in [0.2, 0.25) is 15.1 Å². The zero-order valence-corrected chi connectivity index (χ0v) is 21.9. The number of hydrogen-bond donors (Lipinski definition) is 2. The van der Waals surface area contributed by atoms with Crippen molar-refractivity contribution < 1.29 is 4.79 Å². The van der Waals surface area contributed by atoms with E-state index in [9.17, 15) is 4.79 Å². The van der Waals surface area contributed by atoms with E-state index in [4.69, 9.17) is 34.8 Å². The Labute approximate surface area is 216 Å². The highest BCUT2D eigenvalue weighted by Gasteiger charge is 2.21. The molecule has 0 aliphatic heterocycles. The molecule has 1 amide bonds. The number of amides is 1. The minimum absolute atomic E-state index is 0.134. The van der Waals surface area contributed by atoms with Crippen LogP contribution in [0, 0.1) is 12.8 Å². The largest absolute Gasteiger partial charge is 0.351 e. The molecule has 0 saturated carbocycles. The first-order valence-corrected chi connectivity index (χ1v) is 12.4. The summed E-state index contributed by atoms with van der Waals surface area (Å²) in [7, 11) is 0. The standard InChI is InChI=1S/C27H30Cl3N3O/c1-5-6-17(2)18(3)31-13-14-32-27(34)24-16-26(23-12-9-21(29)15-25(23)30)33(19(24)4)22-10-7-20(28)8-11-22/h5,7-12,15-18,31H,1,6,13-14H2,2-4H3,(H,32,34). The molecule has 0 aliphatic rings. The number of aromatic nitrogens is 1. The lowest BCUT2D eigenvalue weighted by molar-refractivity contribution is 0.0953. The van der Waals surface area contributed by atoms with Crippen molar-refractivity contribution in [3.05, 3.63) is 87.5 Å². The number of allylic oxidation sites excluding steroid dienone is 1. The average molecular weight is 519 g/mol. The average Bonchev–Trinajstić information content (AvgIpc) is 3.14. The first kappa shape index (κ1) is 26.4. The third-order valence-corrected chi connectivity index (χ3v) is 6.85. The third-order valence-electron chi connectivity index (χ3n) is 6.05. The lowest BCUT2D eigenvalue weighted by atomic mass is 10.00. The Morgan fingerprint density at radius 2 is 1.71 bits per heavy atom. The maximum absolute atomic E-state index is 13.1. The van der Waals surface area contributed by atoms with Crippen LogP contribution in [0.5, 0.6) is 0 Å². The van der Waals surface area contributed by atoms with Crippen LogP contribution in [0.1, 0.15) is 36.3 Å². The minimum atomic E-state index is -0.134. The number of halogens is 3. The molecule has 0 spiro atoms. The van der Waals surface area contributed by atoms with Gasteiger partial charge in [0, 0.05) is 46.1 Å².